The average molecular weight is 301 g/mol. The Morgan fingerprint density at radius 2 is 1.95 bits per heavy atom. The lowest BCUT2D eigenvalue weighted by Crippen LogP contribution is -2.23. The maximum absolute atomic E-state index is 5.77. The molecule has 1 atom stereocenters. The van der Waals surface area contributed by atoms with Crippen molar-refractivity contribution >= 4 is 10.8 Å². The summed E-state index contributed by atoms with van der Waals surface area (Å²) in [6.07, 6.45) is 5.94. The number of aromatic nitrogens is 1. The number of hydrogen-bond donors (Lipinski definition) is 0. The van der Waals surface area contributed by atoms with E-state index in [0.717, 1.165) is 53.8 Å². The van der Waals surface area contributed by atoms with E-state index in [9.17, 15) is 0 Å². The minimum atomic E-state index is -0.0389. The Hall–Kier alpha value is -1.85. The highest BCUT2D eigenvalue weighted by Gasteiger charge is 2.15. The van der Waals surface area contributed by atoms with Gasteiger partial charge in [0.1, 0.15) is 0 Å². The van der Waals surface area contributed by atoms with Gasteiger partial charge in [-0.3, -0.25) is 4.98 Å². The van der Waals surface area contributed by atoms with E-state index in [1.807, 2.05) is 18.3 Å². The lowest BCUT2D eigenvalue weighted by atomic mass is 10.1. The Labute approximate surface area is 129 Å². The monoisotopic (exact) mass is 301 g/mol. The van der Waals surface area contributed by atoms with E-state index in [4.69, 9.17) is 18.9 Å². The second-order valence-electron chi connectivity index (χ2n) is 5.65. The van der Waals surface area contributed by atoms with E-state index < -0.39 is 0 Å². The molecule has 1 saturated heterocycles. The first kappa shape index (κ1) is 13.8. The summed E-state index contributed by atoms with van der Waals surface area (Å²) < 4.78 is 22.1. The molecule has 0 saturated carbocycles. The predicted octanol–water partition coefficient (Wildman–Crippen LogP) is 3.05. The maximum atomic E-state index is 5.77. The first-order chi connectivity index (χ1) is 10.9. The molecule has 1 aromatic carbocycles. The van der Waals surface area contributed by atoms with E-state index in [1.54, 1.807) is 0 Å². The van der Waals surface area contributed by atoms with Gasteiger partial charge in [0.05, 0.1) is 6.61 Å². The summed E-state index contributed by atoms with van der Waals surface area (Å²) in [6, 6.07) is 6.07. The van der Waals surface area contributed by atoms with Crippen LogP contribution in [0.4, 0.5) is 0 Å². The first-order valence-electron chi connectivity index (χ1n) is 7.80. The Balaban J connectivity index is 1.42. The van der Waals surface area contributed by atoms with Gasteiger partial charge >= 0.3 is 0 Å². The highest BCUT2D eigenvalue weighted by molar-refractivity contribution is 5.85. The molecule has 2 aromatic rings. The fourth-order valence-electron chi connectivity index (χ4n) is 2.85. The van der Waals surface area contributed by atoms with Crippen molar-refractivity contribution in [2.45, 2.75) is 32.0 Å². The van der Waals surface area contributed by atoms with Crippen molar-refractivity contribution in [2.75, 3.05) is 20.0 Å². The van der Waals surface area contributed by atoms with E-state index in [-0.39, 0.29) is 6.29 Å². The maximum Gasteiger partial charge on any atom is 0.231 e. The zero-order chi connectivity index (χ0) is 14.8. The minimum Gasteiger partial charge on any atom is -0.454 e. The van der Waals surface area contributed by atoms with Gasteiger partial charge in [-0.05, 0) is 42.8 Å². The van der Waals surface area contributed by atoms with Gasteiger partial charge in [0.2, 0.25) is 6.79 Å². The summed E-state index contributed by atoms with van der Waals surface area (Å²) in [5, 5.41) is 2.17. The lowest BCUT2D eigenvalue weighted by molar-refractivity contribution is -0.161. The van der Waals surface area contributed by atoms with Crippen LogP contribution in [0.2, 0.25) is 0 Å². The second kappa shape index (κ2) is 6.10. The zero-order valence-electron chi connectivity index (χ0n) is 12.4. The standard InChI is InChI=1S/C17H19NO4/c1-2-5-19-17(3-1)20-6-4-14-7-12-8-15-16(22-11-21-15)9-13(12)10-18-14/h7-10,17H,1-6,11H2/t17-/m0/s1. The molecule has 22 heavy (non-hydrogen) atoms. The highest BCUT2D eigenvalue weighted by atomic mass is 16.7. The van der Waals surface area contributed by atoms with Gasteiger partial charge in [-0.15, -0.1) is 0 Å². The van der Waals surface area contributed by atoms with Gasteiger partial charge in [-0.25, -0.2) is 0 Å². The van der Waals surface area contributed by atoms with Crippen molar-refractivity contribution in [3.05, 3.63) is 30.1 Å². The third-order valence-corrected chi connectivity index (χ3v) is 4.07. The minimum absolute atomic E-state index is 0.0389. The zero-order valence-corrected chi connectivity index (χ0v) is 12.4. The largest absolute Gasteiger partial charge is 0.454 e. The average Bonchev–Trinajstić information content (AvgIpc) is 3.01. The number of benzene rings is 1. The van der Waals surface area contributed by atoms with Crippen molar-refractivity contribution in [3.8, 4) is 11.5 Å². The molecule has 2 aliphatic rings. The summed E-state index contributed by atoms with van der Waals surface area (Å²) >= 11 is 0. The van der Waals surface area contributed by atoms with Gasteiger partial charge in [0.15, 0.2) is 17.8 Å². The molecular weight excluding hydrogens is 282 g/mol. The summed E-state index contributed by atoms with van der Waals surface area (Å²) in [5.74, 6) is 1.59. The fraction of sp³-hybridized carbons (Fsp3) is 0.471. The molecule has 1 aromatic heterocycles. The Morgan fingerprint density at radius 3 is 2.77 bits per heavy atom. The Kier molecular flexibility index (Phi) is 3.83. The lowest BCUT2D eigenvalue weighted by Gasteiger charge is -2.22. The Morgan fingerprint density at radius 1 is 1.09 bits per heavy atom. The van der Waals surface area contributed by atoms with Crippen molar-refractivity contribution in [2.24, 2.45) is 0 Å². The third kappa shape index (κ3) is 2.87. The number of fused-ring (bicyclic) bond motifs is 2. The van der Waals surface area contributed by atoms with Gasteiger partial charge < -0.3 is 18.9 Å². The fourth-order valence-corrected chi connectivity index (χ4v) is 2.85. The van der Waals surface area contributed by atoms with Crippen molar-refractivity contribution in [1.29, 1.82) is 0 Å². The van der Waals surface area contributed by atoms with Gasteiger partial charge in [-0.2, -0.15) is 0 Å². The first-order valence-corrected chi connectivity index (χ1v) is 7.80. The molecule has 4 rings (SSSR count). The molecule has 0 N–H and O–H groups in total. The molecule has 0 spiro atoms. The quantitative estimate of drug-likeness (QED) is 0.868. The number of nitrogens with zero attached hydrogens (tertiary/aromatic N) is 1. The number of ether oxygens (including phenoxy) is 4. The Bertz CT molecular complexity index is 667. The second-order valence-corrected chi connectivity index (χ2v) is 5.65. The van der Waals surface area contributed by atoms with Crippen LogP contribution in [0.3, 0.4) is 0 Å². The van der Waals surface area contributed by atoms with Crippen molar-refractivity contribution in [3.63, 3.8) is 0 Å². The topological polar surface area (TPSA) is 49.8 Å². The molecule has 0 amide bonds. The number of pyridine rings is 1. The highest BCUT2D eigenvalue weighted by Crippen LogP contribution is 2.35. The van der Waals surface area contributed by atoms with E-state index in [0.29, 0.717) is 13.4 Å². The molecule has 0 aliphatic carbocycles. The van der Waals surface area contributed by atoms with E-state index in [2.05, 4.69) is 11.1 Å². The van der Waals surface area contributed by atoms with E-state index in [1.165, 1.54) is 6.42 Å². The smallest absolute Gasteiger partial charge is 0.231 e. The molecule has 5 nitrogen and oxygen atoms in total. The summed E-state index contributed by atoms with van der Waals surface area (Å²) in [6.45, 7) is 1.74. The SMILES string of the molecule is c1nc(CCO[C@H]2CCCCO2)cc2cc3c(cc12)OCO3. The molecule has 2 aliphatic heterocycles. The van der Waals surface area contributed by atoms with Crippen LogP contribution in [0.15, 0.2) is 24.4 Å². The predicted molar refractivity (Wildman–Crippen MR) is 81.1 cm³/mol. The van der Waals surface area contributed by atoms with Crippen LogP contribution in [-0.4, -0.2) is 31.3 Å². The van der Waals surface area contributed by atoms with E-state index >= 15 is 0 Å². The molecule has 0 radical (unpaired) electrons. The van der Waals surface area contributed by atoms with Gasteiger partial charge in [0, 0.05) is 30.3 Å². The third-order valence-electron chi connectivity index (χ3n) is 4.07. The van der Waals surface area contributed by atoms with Gasteiger partial charge in [0.25, 0.3) is 0 Å². The summed E-state index contributed by atoms with van der Waals surface area (Å²) in [7, 11) is 0. The molecular formula is C17H19NO4. The molecule has 3 heterocycles. The van der Waals surface area contributed by atoms with Gasteiger partial charge in [-0.1, -0.05) is 0 Å². The normalized spacial score (nSPS) is 20.5. The molecule has 0 unspecified atom stereocenters. The number of hydrogen-bond acceptors (Lipinski definition) is 5. The van der Waals surface area contributed by atoms with Crippen LogP contribution in [-0.2, 0) is 15.9 Å². The van der Waals surface area contributed by atoms with Crippen molar-refractivity contribution in [1.82, 2.24) is 4.98 Å². The summed E-state index contributed by atoms with van der Waals surface area (Å²) in [5.41, 5.74) is 1.02. The molecule has 116 valence electrons. The van der Waals surface area contributed by atoms with Crippen LogP contribution in [0, 0.1) is 0 Å². The summed E-state index contributed by atoms with van der Waals surface area (Å²) in [4.78, 5) is 4.50. The van der Waals surface area contributed by atoms with Crippen LogP contribution in [0.5, 0.6) is 11.5 Å². The molecule has 5 heteroatoms. The van der Waals surface area contributed by atoms with Crippen LogP contribution >= 0.6 is 0 Å². The van der Waals surface area contributed by atoms with Crippen LogP contribution in [0.25, 0.3) is 10.8 Å². The van der Waals surface area contributed by atoms with Crippen LogP contribution in [0.1, 0.15) is 25.0 Å². The molecule has 0 bridgehead atoms. The van der Waals surface area contributed by atoms with Crippen LogP contribution < -0.4 is 9.47 Å². The molecule has 1 fully saturated rings. The number of rotatable bonds is 4. The van der Waals surface area contributed by atoms with Crippen molar-refractivity contribution < 1.29 is 18.9 Å².